The van der Waals surface area contributed by atoms with Crippen LogP contribution >= 0.6 is 0 Å². The standard InChI is InChI=1S/C18H23FN6O2/c1-3-22(4-2)17-16(25(26)27)18(21-13-20-17)24-11-9-23(10-12-24)15-7-5-14(19)6-8-15/h5-8,13H,3-4,9-12H2,1-2H3. The topological polar surface area (TPSA) is 78.6 Å². The van der Waals surface area contributed by atoms with E-state index in [-0.39, 0.29) is 11.5 Å². The maximum atomic E-state index is 13.1. The quantitative estimate of drug-likeness (QED) is 0.568. The van der Waals surface area contributed by atoms with Gasteiger partial charge in [-0.05, 0) is 38.1 Å². The molecule has 0 amide bonds. The summed E-state index contributed by atoms with van der Waals surface area (Å²) in [7, 11) is 0. The molecule has 8 nitrogen and oxygen atoms in total. The lowest BCUT2D eigenvalue weighted by atomic mass is 10.2. The zero-order chi connectivity index (χ0) is 19.4. The smallest absolute Gasteiger partial charge is 0.353 e. The fraction of sp³-hybridized carbons (Fsp3) is 0.444. The lowest BCUT2D eigenvalue weighted by molar-refractivity contribution is -0.383. The highest BCUT2D eigenvalue weighted by atomic mass is 19.1. The molecular formula is C18H23FN6O2. The molecule has 9 heteroatoms. The number of aromatic nitrogens is 2. The number of nitrogens with zero attached hydrogens (tertiary/aromatic N) is 6. The van der Waals surface area contributed by atoms with E-state index in [1.165, 1.54) is 18.5 Å². The molecule has 1 fully saturated rings. The minimum Gasteiger partial charge on any atom is -0.368 e. The van der Waals surface area contributed by atoms with Gasteiger partial charge in [-0.2, -0.15) is 0 Å². The van der Waals surface area contributed by atoms with E-state index in [1.54, 1.807) is 12.1 Å². The number of nitro groups is 1. The summed E-state index contributed by atoms with van der Waals surface area (Å²) in [6.07, 6.45) is 1.39. The van der Waals surface area contributed by atoms with Gasteiger partial charge in [0.05, 0.1) is 4.92 Å². The van der Waals surface area contributed by atoms with Gasteiger partial charge in [0, 0.05) is 45.0 Å². The average molecular weight is 374 g/mol. The van der Waals surface area contributed by atoms with Gasteiger partial charge in [0.1, 0.15) is 12.1 Å². The van der Waals surface area contributed by atoms with Crippen LogP contribution in [0.3, 0.4) is 0 Å². The van der Waals surface area contributed by atoms with Gasteiger partial charge >= 0.3 is 5.69 Å². The Balaban J connectivity index is 1.82. The molecule has 0 bridgehead atoms. The van der Waals surface area contributed by atoms with Crippen LogP contribution in [0.15, 0.2) is 30.6 Å². The molecule has 144 valence electrons. The minimum atomic E-state index is -0.394. The molecule has 3 rings (SSSR count). The van der Waals surface area contributed by atoms with E-state index in [4.69, 9.17) is 0 Å². The van der Waals surface area contributed by atoms with Crippen molar-refractivity contribution >= 4 is 23.0 Å². The van der Waals surface area contributed by atoms with Crippen LogP contribution in [0.1, 0.15) is 13.8 Å². The van der Waals surface area contributed by atoms with Crippen molar-refractivity contribution in [2.24, 2.45) is 0 Å². The van der Waals surface area contributed by atoms with Gasteiger partial charge in [-0.3, -0.25) is 10.1 Å². The van der Waals surface area contributed by atoms with Crippen molar-refractivity contribution in [1.82, 2.24) is 9.97 Å². The molecule has 0 radical (unpaired) electrons. The van der Waals surface area contributed by atoms with Crippen molar-refractivity contribution in [2.45, 2.75) is 13.8 Å². The van der Waals surface area contributed by atoms with Crippen molar-refractivity contribution in [2.75, 3.05) is 54.0 Å². The Kier molecular flexibility index (Phi) is 5.68. The molecule has 0 atom stereocenters. The van der Waals surface area contributed by atoms with Crippen LogP contribution < -0.4 is 14.7 Å². The minimum absolute atomic E-state index is 0.0450. The van der Waals surface area contributed by atoms with Crippen molar-refractivity contribution in [3.63, 3.8) is 0 Å². The molecule has 1 aromatic heterocycles. The molecular weight excluding hydrogens is 351 g/mol. The van der Waals surface area contributed by atoms with Gasteiger partial charge < -0.3 is 14.7 Å². The molecule has 27 heavy (non-hydrogen) atoms. The highest BCUT2D eigenvalue weighted by molar-refractivity contribution is 5.71. The summed E-state index contributed by atoms with van der Waals surface area (Å²) in [6, 6.07) is 6.37. The van der Waals surface area contributed by atoms with Crippen LogP contribution in [0.4, 0.5) is 27.4 Å². The van der Waals surface area contributed by atoms with E-state index in [2.05, 4.69) is 14.9 Å². The van der Waals surface area contributed by atoms with Crippen LogP contribution in [0, 0.1) is 15.9 Å². The lowest BCUT2D eigenvalue weighted by Gasteiger charge is -2.36. The Morgan fingerprint density at radius 3 is 2.22 bits per heavy atom. The van der Waals surface area contributed by atoms with E-state index < -0.39 is 4.92 Å². The van der Waals surface area contributed by atoms with Gasteiger partial charge in [-0.1, -0.05) is 0 Å². The molecule has 0 saturated carbocycles. The van der Waals surface area contributed by atoms with Crippen LogP contribution in [-0.4, -0.2) is 54.2 Å². The summed E-state index contributed by atoms with van der Waals surface area (Å²) in [6.45, 7) is 7.67. The maximum absolute atomic E-state index is 13.1. The Bertz CT molecular complexity index is 789. The molecule has 1 aliphatic heterocycles. The monoisotopic (exact) mass is 374 g/mol. The second kappa shape index (κ2) is 8.15. The summed E-state index contributed by atoms with van der Waals surface area (Å²) in [4.78, 5) is 25.7. The fourth-order valence-corrected chi connectivity index (χ4v) is 3.34. The number of piperazine rings is 1. The van der Waals surface area contributed by atoms with E-state index in [1.807, 2.05) is 23.6 Å². The number of benzene rings is 1. The predicted octanol–water partition coefficient (Wildman–Crippen LogP) is 2.70. The highest BCUT2D eigenvalue weighted by Crippen LogP contribution is 2.34. The number of hydrogen-bond acceptors (Lipinski definition) is 7. The van der Waals surface area contributed by atoms with Gasteiger partial charge in [-0.25, -0.2) is 14.4 Å². The highest BCUT2D eigenvalue weighted by Gasteiger charge is 2.31. The van der Waals surface area contributed by atoms with E-state index in [9.17, 15) is 14.5 Å². The first-order valence-electron chi connectivity index (χ1n) is 9.05. The zero-order valence-corrected chi connectivity index (χ0v) is 15.5. The fourth-order valence-electron chi connectivity index (χ4n) is 3.34. The van der Waals surface area contributed by atoms with Crippen LogP contribution in [0.2, 0.25) is 0 Å². The molecule has 0 N–H and O–H groups in total. The van der Waals surface area contributed by atoms with Crippen LogP contribution in [0.25, 0.3) is 0 Å². The normalized spacial score (nSPS) is 14.3. The Labute approximate surface area is 157 Å². The van der Waals surface area contributed by atoms with Gasteiger partial charge in [0.2, 0.25) is 11.6 Å². The average Bonchev–Trinajstić information content (AvgIpc) is 2.69. The Morgan fingerprint density at radius 1 is 1.07 bits per heavy atom. The van der Waals surface area contributed by atoms with Crippen molar-refractivity contribution in [3.05, 3.63) is 46.5 Å². The lowest BCUT2D eigenvalue weighted by Crippen LogP contribution is -2.47. The van der Waals surface area contributed by atoms with E-state index >= 15 is 0 Å². The molecule has 2 heterocycles. The summed E-state index contributed by atoms with van der Waals surface area (Å²) < 4.78 is 13.1. The molecule has 1 aliphatic rings. The second-order valence-corrected chi connectivity index (χ2v) is 6.25. The van der Waals surface area contributed by atoms with E-state index in [0.29, 0.717) is 50.9 Å². The molecule has 0 spiro atoms. The number of rotatable bonds is 6. The summed E-state index contributed by atoms with van der Waals surface area (Å²) in [5, 5.41) is 11.8. The van der Waals surface area contributed by atoms with Gasteiger partial charge in [0.25, 0.3) is 0 Å². The summed E-state index contributed by atoms with van der Waals surface area (Å²) in [5.74, 6) is 0.449. The van der Waals surface area contributed by atoms with E-state index in [0.717, 1.165) is 5.69 Å². The summed E-state index contributed by atoms with van der Waals surface area (Å²) in [5.41, 5.74) is 0.897. The van der Waals surface area contributed by atoms with Crippen molar-refractivity contribution < 1.29 is 9.31 Å². The largest absolute Gasteiger partial charge is 0.368 e. The number of hydrogen-bond donors (Lipinski definition) is 0. The van der Waals surface area contributed by atoms with Crippen molar-refractivity contribution in [3.8, 4) is 0 Å². The first-order chi connectivity index (χ1) is 13.0. The Morgan fingerprint density at radius 2 is 1.67 bits per heavy atom. The number of anilines is 3. The second-order valence-electron chi connectivity index (χ2n) is 6.25. The van der Waals surface area contributed by atoms with Crippen LogP contribution in [0.5, 0.6) is 0 Å². The third kappa shape index (κ3) is 3.91. The third-order valence-corrected chi connectivity index (χ3v) is 4.80. The molecule has 1 aromatic carbocycles. The first kappa shape index (κ1) is 18.8. The third-order valence-electron chi connectivity index (χ3n) is 4.80. The number of halogens is 1. The zero-order valence-electron chi connectivity index (χ0n) is 15.5. The maximum Gasteiger partial charge on any atom is 0.353 e. The molecule has 0 unspecified atom stereocenters. The Hall–Kier alpha value is -2.97. The van der Waals surface area contributed by atoms with Gasteiger partial charge in [0.15, 0.2) is 0 Å². The van der Waals surface area contributed by atoms with Gasteiger partial charge in [-0.15, -0.1) is 0 Å². The molecule has 2 aromatic rings. The molecule has 0 aliphatic carbocycles. The first-order valence-corrected chi connectivity index (χ1v) is 9.05. The SMILES string of the molecule is CCN(CC)c1ncnc(N2CCN(c3ccc(F)cc3)CC2)c1[N+](=O)[O-]. The molecule has 1 saturated heterocycles. The van der Waals surface area contributed by atoms with Crippen LogP contribution in [-0.2, 0) is 0 Å². The summed E-state index contributed by atoms with van der Waals surface area (Å²) >= 11 is 0. The predicted molar refractivity (Wildman–Crippen MR) is 103 cm³/mol. The van der Waals surface area contributed by atoms with Crippen molar-refractivity contribution in [1.29, 1.82) is 0 Å².